The van der Waals surface area contributed by atoms with Crippen molar-refractivity contribution in [1.29, 1.82) is 0 Å². The lowest BCUT2D eigenvalue weighted by Crippen LogP contribution is -2.48. The van der Waals surface area contributed by atoms with Gasteiger partial charge < -0.3 is 14.5 Å². The molecule has 0 spiro atoms. The molecule has 0 aliphatic carbocycles. The molecule has 0 atom stereocenters. The molecule has 5 rings (SSSR count). The highest BCUT2D eigenvalue weighted by atomic mass is 16.5. The summed E-state index contributed by atoms with van der Waals surface area (Å²) in [6.07, 6.45) is 8.98. The molecule has 1 aliphatic heterocycles. The molecular formula is C29H29N5O2. The van der Waals surface area contributed by atoms with Gasteiger partial charge in [-0.25, -0.2) is 4.68 Å². The molecule has 0 N–H and O–H groups in total. The van der Waals surface area contributed by atoms with Crippen LogP contribution in [0.4, 0.5) is 5.69 Å². The quantitative estimate of drug-likeness (QED) is 0.360. The lowest BCUT2D eigenvalue weighted by molar-refractivity contribution is -0.126. The zero-order chi connectivity index (χ0) is 24.7. The third-order valence-corrected chi connectivity index (χ3v) is 6.20. The first-order valence-corrected chi connectivity index (χ1v) is 12.2. The van der Waals surface area contributed by atoms with E-state index in [1.54, 1.807) is 18.5 Å². The van der Waals surface area contributed by atoms with Crippen LogP contribution in [0.15, 0.2) is 91.4 Å². The molecule has 1 fully saturated rings. The predicted octanol–water partition coefficient (Wildman–Crippen LogP) is 4.70. The Hall–Kier alpha value is -4.39. The Kier molecular flexibility index (Phi) is 7.07. The molecule has 7 nitrogen and oxygen atoms in total. The van der Waals surface area contributed by atoms with E-state index in [0.717, 1.165) is 47.0 Å². The smallest absolute Gasteiger partial charge is 0.246 e. The standard InChI is InChI=1S/C29H29N5O2/c1-2-36-27-13-7-6-12-26(27)32-17-19-33(20-18-32)28(35)15-14-24-22-34(25-10-4-3-5-11-25)31-29(24)23-9-8-16-30-21-23/h3-16,21-22H,2,17-20H2,1H3/b15-14+. The summed E-state index contributed by atoms with van der Waals surface area (Å²) in [6.45, 7) is 5.45. The summed E-state index contributed by atoms with van der Waals surface area (Å²) in [6, 6.07) is 21.9. The Morgan fingerprint density at radius 1 is 0.972 bits per heavy atom. The number of benzene rings is 2. The van der Waals surface area contributed by atoms with Crippen molar-refractivity contribution in [3.05, 3.63) is 97.0 Å². The highest BCUT2D eigenvalue weighted by molar-refractivity contribution is 5.93. The van der Waals surface area contributed by atoms with Gasteiger partial charge in [-0.2, -0.15) is 5.10 Å². The lowest BCUT2D eigenvalue weighted by Gasteiger charge is -2.36. The topological polar surface area (TPSA) is 63.5 Å². The summed E-state index contributed by atoms with van der Waals surface area (Å²) in [5.41, 5.74) is 4.59. The molecule has 3 heterocycles. The largest absolute Gasteiger partial charge is 0.492 e. The molecule has 182 valence electrons. The number of aromatic nitrogens is 3. The Morgan fingerprint density at radius 2 is 1.75 bits per heavy atom. The van der Waals surface area contributed by atoms with Crippen LogP contribution in [0.25, 0.3) is 23.0 Å². The Morgan fingerprint density at radius 3 is 2.50 bits per heavy atom. The van der Waals surface area contributed by atoms with Crippen molar-refractivity contribution < 1.29 is 9.53 Å². The molecule has 2 aromatic carbocycles. The van der Waals surface area contributed by atoms with Crippen LogP contribution in [0.1, 0.15) is 12.5 Å². The number of piperazine rings is 1. The molecule has 2 aromatic heterocycles. The van der Waals surface area contributed by atoms with Gasteiger partial charge in [0.2, 0.25) is 5.91 Å². The average Bonchev–Trinajstić information content (AvgIpc) is 3.38. The molecule has 1 saturated heterocycles. The van der Waals surface area contributed by atoms with Crippen LogP contribution in [0.2, 0.25) is 0 Å². The van der Waals surface area contributed by atoms with E-state index in [1.165, 1.54) is 0 Å². The van der Waals surface area contributed by atoms with E-state index >= 15 is 0 Å². The Labute approximate surface area is 211 Å². The predicted molar refractivity (Wildman–Crippen MR) is 142 cm³/mol. The maximum Gasteiger partial charge on any atom is 0.246 e. The van der Waals surface area contributed by atoms with Gasteiger partial charge in [0.25, 0.3) is 0 Å². The SMILES string of the molecule is CCOc1ccccc1N1CCN(C(=O)/C=C/c2cn(-c3ccccc3)nc2-c2cccnc2)CC1. The number of hydrogen-bond acceptors (Lipinski definition) is 5. The van der Waals surface area contributed by atoms with Crippen LogP contribution in [0.5, 0.6) is 5.75 Å². The molecule has 0 saturated carbocycles. The first kappa shape index (κ1) is 23.4. The number of anilines is 1. The van der Waals surface area contributed by atoms with Crippen molar-refractivity contribution in [2.24, 2.45) is 0 Å². The van der Waals surface area contributed by atoms with Crippen LogP contribution < -0.4 is 9.64 Å². The Bertz CT molecular complexity index is 1330. The Balaban J connectivity index is 1.31. The molecule has 0 radical (unpaired) electrons. The van der Waals surface area contributed by atoms with Crippen molar-refractivity contribution in [2.75, 3.05) is 37.7 Å². The number of nitrogens with zero attached hydrogens (tertiary/aromatic N) is 5. The zero-order valence-electron chi connectivity index (χ0n) is 20.3. The van der Waals surface area contributed by atoms with Crippen molar-refractivity contribution in [3.8, 4) is 22.7 Å². The lowest BCUT2D eigenvalue weighted by atomic mass is 10.1. The van der Waals surface area contributed by atoms with Gasteiger partial charge >= 0.3 is 0 Å². The normalized spacial score (nSPS) is 13.8. The molecule has 1 amide bonds. The number of hydrogen-bond donors (Lipinski definition) is 0. The number of pyridine rings is 1. The van der Waals surface area contributed by atoms with Crippen LogP contribution >= 0.6 is 0 Å². The van der Waals surface area contributed by atoms with E-state index in [4.69, 9.17) is 9.84 Å². The summed E-state index contributed by atoms with van der Waals surface area (Å²) < 4.78 is 7.62. The van der Waals surface area contributed by atoms with Gasteiger partial charge in [-0.1, -0.05) is 30.3 Å². The van der Waals surface area contributed by atoms with Gasteiger partial charge in [-0.3, -0.25) is 9.78 Å². The van der Waals surface area contributed by atoms with E-state index in [-0.39, 0.29) is 5.91 Å². The fourth-order valence-electron chi connectivity index (χ4n) is 4.38. The summed E-state index contributed by atoms with van der Waals surface area (Å²) in [7, 11) is 0. The van der Waals surface area contributed by atoms with Crippen molar-refractivity contribution in [3.63, 3.8) is 0 Å². The second-order valence-electron chi connectivity index (χ2n) is 8.50. The van der Waals surface area contributed by atoms with Gasteiger partial charge in [-0.15, -0.1) is 0 Å². The van der Waals surface area contributed by atoms with E-state index in [1.807, 2.05) is 89.4 Å². The highest BCUT2D eigenvalue weighted by Gasteiger charge is 2.22. The number of para-hydroxylation sites is 3. The van der Waals surface area contributed by atoms with Crippen LogP contribution in [0, 0.1) is 0 Å². The van der Waals surface area contributed by atoms with Gasteiger partial charge in [0, 0.05) is 62.0 Å². The molecule has 1 aliphatic rings. The molecule has 0 unspecified atom stereocenters. The van der Waals surface area contributed by atoms with Crippen molar-refractivity contribution in [2.45, 2.75) is 6.92 Å². The van der Waals surface area contributed by atoms with Gasteiger partial charge in [-0.05, 0) is 49.4 Å². The van der Waals surface area contributed by atoms with Crippen LogP contribution in [0.3, 0.4) is 0 Å². The first-order chi connectivity index (χ1) is 17.7. The van der Waals surface area contributed by atoms with Crippen molar-refractivity contribution in [1.82, 2.24) is 19.7 Å². The monoisotopic (exact) mass is 479 g/mol. The minimum Gasteiger partial charge on any atom is -0.492 e. The fourth-order valence-corrected chi connectivity index (χ4v) is 4.38. The maximum atomic E-state index is 13.1. The fraction of sp³-hybridized carbons (Fsp3) is 0.207. The van der Waals surface area contributed by atoms with Gasteiger partial charge in [0.15, 0.2) is 0 Å². The molecular weight excluding hydrogens is 450 g/mol. The highest BCUT2D eigenvalue weighted by Crippen LogP contribution is 2.29. The summed E-state index contributed by atoms with van der Waals surface area (Å²) in [5, 5.41) is 4.79. The van der Waals surface area contributed by atoms with Gasteiger partial charge in [0.05, 0.1) is 18.0 Å². The molecule has 0 bridgehead atoms. The summed E-state index contributed by atoms with van der Waals surface area (Å²) in [5.74, 6) is 0.885. The van der Waals surface area contributed by atoms with E-state index in [0.29, 0.717) is 19.7 Å². The first-order valence-electron chi connectivity index (χ1n) is 12.2. The molecule has 36 heavy (non-hydrogen) atoms. The summed E-state index contributed by atoms with van der Waals surface area (Å²) in [4.78, 5) is 21.5. The maximum absolute atomic E-state index is 13.1. The third-order valence-electron chi connectivity index (χ3n) is 6.20. The average molecular weight is 480 g/mol. The van der Waals surface area contributed by atoms with Crippen LogP contribution in [-0.2, 0) is 4.79 Å². The van der Waals surface area contributed by atoms with Crippen LogP contribution in [-0.4, -0.2) is 58.4 Å². The second kappa shape index (κ2) is 10.9. The van der Waals surface area contributed by atoms with E-state index < -0.39 is 0 Å². The van der Waals surface area contributed by atoms with E-state index in [9.17, 15) is 4.79 Å². The van der Waals surface area contributed by atoms with Gasteiger partial charge in [0.1, 0.15) is 11.4 Å². The number of ether oxygens (including phenoxy) is 1. The van der Waals surface area contributed by atoms with Crippen molar-refractivity contribution >= 4 is 17.7 Å². The minimum atomic E-state index is -0.00246. The second-order valence-corrected chi connectivity index (χ2v) is 8.50. The minimum absolute atomic E-state index is 0.00246. The number of carbonyl (C=O) groups is 1. The third kappa shape index (κ3) is 5.15. The zero-order valence-corrected chi connectivity index (χ0v) is 20.3. The molecule has 4 aromatic rings. The number of carbonyl (C=O) groups excluding carboxylic acids is 1. The number of amides is 1. The number of rotatable bonds is 7. The van der Waals surface area contributed by atoms with E-state index in [2.05, 4.69) is 16.0 Å². The molecule has 7 heteroatoms. The summed E-state index contributed by atoms with van der Waals surface area (Å²) >= 11 is 0.